The minimum Gasteiger partial charge on any atom is -0.376 e. The normalized spacial score (nSPS) is 20.0. The number of rotatable bonds is 2. The van der Waals surface area contributed by atoms with E-state index in [2.05, 4.69) is 21.2 Å². The van der Waals surface area contributed by atoms with Crippen molar-refractivity contribution in [3.05, 3.63) is 28.2 Å². The molecule has 0 spiro atoms. The van der Waals surface area contributed by atoms with Crippen LogP contribution in [0, 0.1) is 6.92 Å². The van der Waals surface area contributed by atoms with Gasteiger partial charge in [0.25, 0.3) is 5.91 Å². The Morgan fingerprint density at radius 2 is 2.29 bits per heavy atom. The van der Waals surface area contributed by atoms with Gasteiger partial charge in [0.05, 0.1) is 19.8 Å². The predicted octanol–water partition coefficient (Wildman–Crippen LogP) is 2.11. The summed E-state index contributed by atoms with van der Waals surface area (Å²) >= 11 is 3.38. The minimum absolute atomic E-state index is 0.161. The monoisotopic (exact) mass is 299 g/mol. The average Bonchev–Trinajstić information content (AvgIpc) is 2.35. The molecule has 0 saturated carbocycles. The molecule has 1 atom stereocenters. The van der Waals surface area contributed by atoms with Crippen molar-refractivity contribution in [3.8, 4) is 0 Å². The van der Waals surface area contributed by atoms with Crippen molar-refractivity contribution in [1.29, 1.82) is 0 Å². The third-order valence-electron chi connectivity index (χ3n) is 2.57. The minimum atomic E-state index is -0.512. The smallest absolute Gasteiger partial charge is 0.255 e. The number of hydrogen-bond donors (Lipinski definition) is 1. The molecule has 4 nitrogen and oxygen atoms in total. The van der Waals surface area contributed by atoms with Crippen LogP contribution in [0.15, 0.2) is 22.7 Å². The number of carbonyl (C=O) groups excluding carboxylic acids is 1. The lowest BCUT2D eigenvalue weighted by Crippen LogP contribution is -2.39. The molecule has 17 heavy (non-hydrogen) atoms. The van der Waals surface area contributed by atoms with E-state index < -0.39 is 6.10 Å². The van der Waals surface area contributed by atoms with Crippen LogP contribution in [0.1, 0.15) is 5.56 Å². The summed E-state index contributed by atoms with van der Waals surface area (Å²) in [7, 11) is 0. The molecule has 2 rings (SSSR count). The second kappa shape index (κ2) is 5.62. The molecule has 1 fully saturated rings. The summed E-state index contributed by atoms with van der Waals surface area (Å²) < 4.78 is 11.5. The van der Waals surface area contributed by atoms with Gasteiger partial charge in [0.1, 0.15) is 0 Å². The van der Waals surface area contributed by atoms with Crippen molar-refractivity contribution in [1.82, 2.24) is 0 Å². The summed E-state index contributed by atoms with van der Waals surface area (Å²) in [6.07, 6.45) is -0.512. The first-order valence-corrected chi connectivity index (χ1v) is 6.22. The summed E-state index contributed by atoms with van der Waals surface area (Å²) in [6, 6.07) is 5.75. The van der Waals surface area contributed by atoms with Gasteiger partial charge in [0.2, 0.25) is 0 Å². The first kappa shape index (κ1) is 12.5. The molecule has 0 bridgehead atoms. The molecule has 1 aliphatic rings. The second-order valence-corrected chi connectivity index (χ2v) is 4.80. The number of amides is 1. The second-order valence-electron chi connectivity index (χ2n) is 3.88. The summed E-state index contributed by atoms with van der Waals surface area (Å²) in [6.45, 7) is 3.29. The lowest BCUT2D eigenvalue weighted by atomic mass is 10.2. The number of benzene rings is 1. The third-order valence-corrected chi connectivity index (χ3v) is 3.06. The Morgan fingerprint density at radius 1 is 1.47 bits per heavy atom. The van der Waals surface area contributed by atoms with E-state index in [0.717, 1.165) is 15.7 Å². The van der Waals surface area contributed by atoms with Crippen LogP contribution >= 0.6 is 15.9 Å². The van der Waals surface area contributed by atoms with Gasteiger partial charge in [-0.05, 0) is 24.6 Å². The lowest BCUT2D eigenvalue weighted by Gasteiger charge is -2.22. The van der Waals surface area contributed by atoms with Gasteiger partial charge in [0.15, 0.2) is 6.10 Å². The van der Waals surface area contributed by atoms with Gasteiger partial charge >= 0.3 is 0 Å². The number of anilines is 1. The fourth-order valence-corrected chi connectivity index (χ4v) is 1.94. The maximum atomic E-state index is 11.9. The molecule has 1 unspecified atom stereocenters. The van der Waals surface area contributed by atoms with Gasteiger partial charge in [-0.1, -0.05) is 22.0 Å². The number of nitrogens with one attached hydrogen (secondary N) is 1. The van der Waals surface area contributed by atoms with E-state index in [4.69, 9.17) is 9.47 Å². The summed E-state index contributed by atoms with van der Waals surface area (Å²) in [5.41, 5.74) is 1.80. The Morgan fingerprint density at radius 3 is 3.00 bits per heavy atom. The Hall–Kier alpha value is -0.910. The maximum absolute atomic E-state index is 11.9. The first-order chi connectivity index (χ1) is 8.16. The van der Waals surface area contributed by atoms with Gasteiger partial charge in [-0.15, -0.1) is 0 Å². The van der Waals surface area contributed by atoms with Crippen LogP contribution < -0.4 is 5.32 Å². The zero-order valence-electron chi connectivity index (χ0n) is 9.53. The van der Waals surface area contributed by atoms with E-state index >= 15 is 0 Å². The SMILES string of the molecule is Cc1ccc(Br)cc1NC(=O)C1COCCO1. The van der Waals surface area contributed by atoms with Crippen molar-refractivity contribution in [2.45, 2.75) is 13.0 Å². The van der Waals surface area contributed by atoms with E-state index in [1.54, 1.807) is 0 Å². The van der Waals surface area contributed by atoms with Gasteiger partial charge in [-0.25, -0.2) is 0 Å². The van der Waals surface area contributed by atoms with E-state index in [9.17, 15) is 4.79 Å². The Bertz CT molecular complexity index is 416. The van der Waals surface area contributed by atoms with Crippen LogP contribution in [-0.4, -0.2) is 31.8 Å². The molecule has 1 aromatic rings. The zero-order chi connectivity index (χ0) is 12.3. The predicted molar refractivity (Wildman–Crippen MR) is 68.1 cm³/mol. The van der Waals surface area contributed by atoms with Gasteiger partial charge < -0.3 is 14.8 Å². The molecule has 5 heteroatoms. The van der Waals surface area contributed by atoms with Gasteiger partial charge in [-0.2, -0.15) is 0 Å². The first-order valence-electron chi connectivity index (χ1n) is 5.43. The Balaban J connectivity index is 2.04. The standard InChI is InChI=1S/C12H14BrNO3/c1-8-2-3-9(13)6-10(8)14-12(15)11-7-16-4-5-17-11/h2-3,6,11H,4-5,7H2,1H3,(H,14,15). The van der Waals surface area contributed by atoms with Crippen LogP contribution in [0.3, 0.4) is 0 Å². The number of carbonyl (C=O) groups is 1. The van der Waals surface area contributed by atoms with Crippen LogP contribution in [0.4, 0.5) is 5.69 Å². The fraction of sp³-hybridized carbons (Fsp3) is 0.417. The maximum Gasteiger partial charge on any atom is 0.255 e. The Kier molecular flexibility index (Phi) is 4.15. The highest BCUT2D eigenvalue weighted by molar-refractivity contribution is 9.10. The number of aryl methyl sites for hydroxylation is 1. The Labute approximate surface area is 108 Å². The molecule has 1 N–H and O–H groups in total. The van der Waals surface area contributed by atoms with Crippen LogP contribution in [0.5, 0.6) is 0 Å². The average molecular weight is 300 g/mol. The highest BCUT2D eigenvalue weighted by atomic mass is 79.9. The van der Waals surface area contributed by atoms with Crippen molar-refractivity contribution >= 4 is 27.5 Å². The van der Waals surface area contributed by atoms with Gasteiger partial charge in [-0.3, -0.25) is 4.79 Å². The van der Waals surface area contributed by atoms with Crippen molar-refractivity contribution in [2.24, 2.45) is 0 Å². The summed E-state index contributed by atoms with van der Waals surface area (Å²) in [5, 5.41) is 2.85. The molecule has 0 aromatic heterocycles. The van der Waals surface area contributed by atoms with E-state index in [1.165, 1.54) is 0 Å². The largest absolute Gasteiger partial charge is 0.376 e. The lowest BCUT2D eigenvalue weighted by molar-refractivity contribution is -0.142. The topological polar surface area (TPSA) is 47.6 Å². The molecule has 1 amide bonds. The molecule has 92 valence electrons. The zero-order valence-corrected chi connectivity index (χ0v) is 11.1. The molecule has 1 aromatic carbocycles. The van der Waals surface area contributed by atoms with Crippen LogP contribution in [0.2, 0.25) is 0 Å². The van der Waals surface area contributed by atoms with E-state index in [1.807, 2.05) is 25.1 Å². The third kappa shape index (κ3) is 3.28. The molecule has 1 heterocycles. The quantitative estimate of drug-likeness (QED) is 0.910. The summed E-state index contributed by atoms with van der Waals surface area (Å²) in [5.74, 6) is -0.161. The van der Waals surface area contributed by atoms with Crippen molar-refractivity contribution in [2.75, 3.05) is 25.1 Å². The van der Waals surface area contributed by atoms with E-state index in [0.29, 0.717) is 19.8 Å². The highest BCUT2D eigenvalue weighted by Crippen LogP contribution is 2.21. The number of ether oxygens (including phenoxy) is 2. The molecular weight excluding hydrogens is 286 g/mol. The molecule has 0 aliphatic carbocycles. The molecular formula is C12H14BrNO3. The highest BCUT2D eigenvalue weighted by Gasteiger charge is 2.22. The summed E-state index contributed by atoms with van der Waals surface area (Å²) in [4.78, 5) is 11.9. The fourth-order valence-electron chi connectivity index (χ4n) is 1.58. The molecule has 1 saturated heterocycles. The number of hydrogen-bond acceptors (Lipinski definition) is 3. The van der Waals surface area contributed by atoms with E-state index in [-0.39, 0.29) is 5.91 Å². The van der Waals surface area contributed by atoms with Crippen molar-refractivity contribution in [3.63, 3.8) is 0 Å². The van der Waals surface area contributed by atoms with Gasteiger partial charge in [0, 0.05) is 10.2 Å². The van der Waals surface area contributed by atoms with Crippen LogP contribution in [-0.2, 0) is 14.3 Å². The molecule has 0 radical (unpaired) electrons. The van der Waals surface area contributed by atoms with Crippen molar-refractivity contribution < 1.29 is 14.3 Å². The number of halogens is 1. The molecule has 1 aliphatic heterocycles. The van der Waals surface area contributed by atoms with Crippen LogP contribution in [0.25, 0.3) is 0 Å².